The van der Waals surface area contributed by atoms with Crippen molar-refractivity contribution in [2.75, 3.05) is 0 Å². The van der Waals surface area contributed by atoms with E-state index < -0.39 is 17.9 Å². The predicted molar refractivity (Wildman–Crippen MR) is 81.8 cm³/mol. The minimum Gasteiger partial charge on any atom is -0.481 e. The van der Waals surface area contributed by atoms with Crippen LogP contribution in [0.1, 0.15) is 44.4 Å². The first-order valence-corrected chi connectivity index (χ1v) is 7.21. The van der Waals surface area contributed by atoms with E-state index >= 15 is 0 Å². The second-order valence-corrected chi connectivity index (χ2v) is 5.53. The lowest BCUT2D eigenvalue weighted by Gasteiger charge is -2.24. The molecule has 0 saturated carbocycles. The van der Waals surface area contributed by atoms with Crippen molar-refractivity contribution >= 4 is 11.9 Å². The number of carboxylic acid groups (broad SMARTS) is 1. The number of aliphatic carboxylic acids is 1. The van der Waals surface area contributed by atoms with Crippen molar-refractivity contribution in [3.8, 4) is 0 Å². The minimum atomic E-state index is -1.08. The summed E-state index contributed by atoms with van der Waals surface area (Å²) >= 11 is 0. The maximum atomic E-state index is 12.0. The molecular formula is C16H24N2O3. The number of amides is 1. The number of benzene rings is 1. The average molecular weight is 292 g/mol. The monoisotopic (exact) mass is 292 g/mol. The number of nitrogens with two attached hydrogens (primary N) is 1. The van der Waals surface area contributed by atoms with Gasteiger partial charge >= 0.3 is 5.97 Å². The second-order valence-electron chi connectivity index (χ2n) is 5.53. The first kappa shape index (κ1) is 17.2. The molecule has 0 saturated heterocycles. The van der Waals surface area contributed by atoms with E-state index in [9.17, 15) is 9.59 Å². The fourth-order valence-corrected chi connectivity index (χ4v) is 2.14. The standard InChI is InChI=1S/C16H24N2O3/c1-4-11-5-7-12(8-6-11)15(10(2)3)18-16(21)13(17)9-14(19)20/h5-8,10,13,15H,4,9,17H2,1-3H3,(H,18,21)(H,19,20). The fourth-order valence-electron chi connectivity index (χ4n) is 2.14. The molecule has 5 heteroatoms. The normalized spacial score (nSPS) is 13.8. The molecule has 0 aliphatic carbocycles. The van der Waals surface area contributed by atoms with Gasteiger partial charge in [0.05, 0.1) is 18.5 Å². The highest BCUT2D eigenvalue weighted by atomic mass is 16.4. The summed E-state index contributed by atoms with van der Waals surface area (Å²) in [5, 5.41) is 11.5. The molecule has 116 valence electrons. The molecule has 0 aliphatic rings. The van der Waals surface area contributed by atoms with Gasteiger partial charge in [-0.2, -0.15) is 0 Å². The van der Waals surface area contributed by atoms with Crippen molar-refractivity contribution in [1.82, 2.24) is 5.32 Å². The Morgan fingerprint density at radius 1 is 1.24 bits per heavy atom. The first-order chi connectivity index (χ1) is 9.85. The quantitative estimate of drug-likeness (QED) is 0.715. The lowest BCUT2D eigenvalue weighted by Crippen LogP contribution is -2.44. The summed E-state index contributed by atoms with van der Waals surface area (Å²) in [6, 6.07) is 6.85. The van der Waals surface area contributed by atoms with Crippen molar-refractivity contribution < 1.29 is 14.7 Å². The van der Waals surface area contributed by atoms with E-state index in [2.05, 4.69) is 12.2 Å². The van der Waals surface area contributed by atoms with Gasteiger partial charge in [-0.05, 0) is 23.5 Å². The lowest BCUT2D eigenvalue weighted by atomic mass is 9.94. The van der Waals surface area contributed by atoms with Crippen LogP contribution in [0.3, 0.4) is 0 Å². The molecule has 1 amide bonds. The topological polar surface area (TPSA) is 92.4 Å². The molecule has 0 aromatic heterocycles. The molecule has 0 aliphatic heterocycles. The third kappa shape index (κ3) is 5.19. The molecule has 2 unspecified atom stereocenters. The Morgan fingerprint density at radius 2 is 1.81 bits per heavy atom. The summed E-state index contributed by atoms with van der Waals surface area (Å²) in [4.78, 5) is 22.6. The number of nitrogens with one attached hydrogen (secondary N) is 1. The van der Waals surface area contributed by atoms with Crippen LogP contribution in [0.4, 0.5) is 0 Å². The van der Waals surface area contributed by atoms with Crippen LogP contribution in [0.25, 0.3) is 0 Å². The van der Waals surface area contributed by atoms with Crippen molar-refractivity contribution in [3.63, 3.8) is 0 Å². The molecule has 0 radical (unpaired) electrons. The fraction of sp³-hybridized carbons (Fsp3) is 0.500. The molecule has 0 bridgehead atoms. The van der Waals surface area contributed by atoms with Crippen molar-refractivity contribution in [2.45, 2.75) is 45.7 Å². The maximum Gasteiger partial charge on any atom is 0.305 e. The zero-order chi connectivity index (χ0) is 16.0. The van der Waals surface area contributed by atoms with Crippen LogP contribution >= 0.6 is 0 Å². The van der Waals surface area contributed by atoms with E-state index in [1.165, 1.54) is 5.56 Å². The van der Waals surface area contributed by atoms with Crippen LogP contribution in [0.15, 0.2) is 24.3 Å². The van der Waals surface area contributed by atoms with Gasteiger partial charge in [0.25, 0.3) is 0 Å². The zero-order valence-electron chi connectivity index (χ0n) is 12.8. The number of rotatable bonds is 7. The number of carbonyl (C=O) groups excluding carboxylic acids is 1. The molecule has 21 heavy (non-hydrogen) atoms. The van der Waals surface area contributed by atoms with E-state index in [0.717, 1.165) is 12.0 Å². The maximum absolute atomic E-state index is 12.0. The van der Waals surface area contributed by atoms with Crippen molar-refractivity contribution in [1.29, 1.82) is 0 Å². The molecule has 2 atom stereocenters. The smallest absolute Gasteiger partial charge is 0.305 e. The number of carbonyl (C=O) groups is 2. The summed E-state index contributed by atoms with van der Waals surface area (Å²) in [5.41, 5.74) is 7.83. The van der Waals surface area contributed by atoms with E-state index in [4.69, 9.17) is 10.8 Å². The van der Waals surface area contributed by atoms with Crippen molar-refractivity contribution in [3.05, 3.63) is 35.4 Å². The summed E-state index contributed by atoms with van der Waals surface area (Å²) in [6.07, 6.45) is 0.591. The number of aryl methyl sites for hydroxylation is 1. The molecule has 1 aromatic rings. The molecule has 1 aromatic carbocycles. The van der Waals surface area contributed by atoms with Gasteiger partial charge in [-0.1, -0.05) is 45.0 Å². The van der Waals surface area contributed by atoms with Gasteiger partial charge in [-0.15, -0.1) is 0 Å². The van der Waals surface area contributed by atoms with Crippen molar-refractivity contribution in [2.24, 2.45) is 11.7 Å². The highest BCUT2D eigenvalue weighted by molar-refractivity contribution is 5.86. The molecular weight excluding hydrogens is 268 g/mol. The van der Waals surface area contributed by atoms with Gasteiger partial charge < -0.3 is 16.2 Å². The van der Waals surface area contributed by atoms with Crippen LogP contribution in [0.5, 0.6) is 0 Å². The zero-order valence-corrected chi connectivity index (χ0v) is 12.8. The Hall–Kier alpha value is -1.88. The Kier molecular flexibility index (Phi) is 6.37. The minimum absolute atomic E-state index is 0.178. The van der Waals surface area contributed by atoms with Crippen LogP contribution in [0.2, 0.25) is 0 Å². The summed E-state index contributed by atoms with van der Waals surface area (Å²) in [5.74, 6) is -1.33. The largest absolute Gasteiger partial charge is 0.481 e. The highest BCUT2D eigenvalue weighted by Gasteiger charge is 2.23. The van der Waals surface area contributed by atoms with Gasteiger partial charge in [-0.3, -0.25) is 9.59 Å². The Labute approximate surface area is 125 Å². The second kappa shape index (κ2) is 7.78. The van der Waals surface area contributed by atoms with E-state index in [-0.39, 0.29) is 18.4 Å². The SMILES string of the molecule is CCc1ccc(C(NC(=O)C(N)CC(=O)O)C(C)C)cc1. The molecule has 0 spiro atoms. The van der Waals surface area contributed by atoms with Gasteiger partial charge in [0.1, 0.15) is 0 Å². The predicted octanol–water partition coefficient (Wildman–Crippen LogP) is 1.86. The van der Waals surface area contributed by atoms with Gasteiger partial charge in [0, 0.05) is 0 Å². The van der Waals surface area contributed by atoms with Gasteiger partial charge in [0.15, 0.2) is 0 Å². The van der Waals surface area contributed by atoms with Gasteiger partial charge in [-0.25, -0.2) is 0 Å². The van der Waals surface area contributed by atoms with Gasteiger partial charge in [0.2, 0.25) is 5.91 Å². The highest BCUT2D eigenvalue weighted by Crippen LogP contribution is 2.22. The Bertz CT molecular complexity index is 483. The van der Waals surface area contributed by atoms with Crippen LogP contribution in [0, 0.1) is 5.92 Å². The molecule has 0 heterocycles. The third-order valence-corrected chi connectivity index (χ3v) is 3.44. The molecule has 4 N–H and O–H groups in total. The number of hydrogen-bond donors (Lipinski definition) is 3. The summed E-state index contributed by atoms with van der Waals surface area (Å²) < 4.78 is 0. The Morgan fingerprint density at radius 3 is 2.24 bits per heavy atom. The van der Waals surface area contributed by atoms with Crippen LogP contribution in [-0.2, 0) is 16.0 Å². The molecule has 5 nitrogen and oxygen atoms in total. The van der Waals surface area contributed by atoms with E-state index in [0.29, 0.717) is 0 Å². The third-order valence-electron chi connectivity index (χ3n) is 3.44. The number of hydrogen-bond acceptors (Lipinski definition) is 3. The van der Waals surface area contributed by atoms with E-state index in [1.807, 2.05) is 38.1 Å². The molecule has 0 fully saturated rings. The van der Waals surface area contributed by atoms with Crippen LogP contribution < -0.4 is 11.1 Å². The summed E-state index contributed by atoms with van der Waals surface area (Å²) in [7, 11) is 0. The van der Waals surface area contributed by atoms with E-state index in [1.54, 1.807) is 0 Å². The van der Waals surface area contributed by atoms with Crippen LogP contribution in [-0.4, -0.2) is 23.0 Å². The average Bonchev–Trinajstić information content (AvgIpc) is 2.43. The molecule has 1 rings (SSSR count). The number of carboxylic acids is 1. The summed E-state index contributed by atoms with van der Waals surface area (Å²) in [6.45, 7) is 6.09. The first-order valence-electron chi connectivity index (χ1n) is 7.21. The Balaban J connectivity index is 2.81. The lowest BCUT2D eigenvalue weighted by molar-refractivity contribution is -0.139.